The van der Waals surface area contributed by atoms with Gasteiger partial charge >= 0.3 is 6.18 Å². The number of halogens is 4. The lowest BCUT2D eigenvalue weighted by Crippen LogP contribution is -2.49. The Balaban J connectivity index is 1.74. The summed E-state index contributed by atoms with van der Waals surface area (Å²) in [5, 5.41) is 18.4. The standard InChI is InChI=1S/C28H24F4N6O3/c1-16(19-4-3-5-21(24(19)29)28(30,31)32)34-25-20-15-38(37-10-12-41-13-11-37)27(40)22(23(20)26(39)36(2)35-25)18-8-6-17(14-33)7-9-18/h3-9,15-16H,10-13H2,1-2H3,(H,34,35)/t16-/m1/s1. The fraction of sp³-hybridized carbons (Fsp3) is 0.286. The van der Waals surface area contributed by atoms with Gasteiger partial charge in [0.25, 0.3) is 11.1 Å². The number of nitriles is 1. The first kappa shape index (κ1) is 27.9. The average Bonchev–Trinajstić information content (AvgIpc) is 2.95. The van der Waals surface area contributed by atoms with E-state index >= 15 is 0 Å². The molecule has 1 aliphatic heterocycles. The van der Waals surface area contributed by atoms with Gasteiger partial charge in [0.05, 0.1) is 65.9 Å². The fourth-order valence-electron chi connectivity index (χ4n) is 4.87. The Morgan fingerprint density at radius 1 is 1.07 bits per heavy atom. The zero-order valence-corrected chi connectivity index (χ0v) is 22.0. The first-order valence-corrected chi connectivity index (χ1v) is 12.6. The van der Waals surface area contributed by atoms with Crippen molar-refractivity contribution in [2.24, 2.45) is 7.05 Å². The molecule has 9 nitrogen and oxygen atoms in total. The summed E-state index contributed by atoms with van der Waals surface area (Å²) in [6.45, 7) is 2.96. The van der Waals surface area contributed by atoms with Gasteiger partial charge in [-0.15, -0.1) is 0 Å². The number of anilines is 1. The van der Waals surface area contributed by atoms with E-state index in [1.807, 2.05) is 6.07 Å². The summed E-state index contributed by atoms with van der Waals surface area (Å²) in [7, 11) is 1.37. The molecule has 0 spiro atoms. The summed E-state index contributed by atoms with van der Waals surface area (Å²) in [4.78, 5) is 27.4. The van der Waals surface area contributed by atoms with Crippen LogP contribution >= 0.6 is 0 Å². The van der Waals surface area contributed by atoms with Crippen LogP contribution in [-0.2, 0) is 18.0 Å². The van der Waals surface area contributed by atoms with Gasteiger partial charge in [-0.05, 0) is 30.7 Å². The number of aromatic nitrogens is 3. The minimum Gasteiger partial charge on any atom is -0.378 e. The lowest BCUT2D eigenvalue weighted by Gasteiger charge is -2.31. The highest BCUT2D eigenvalue weighted by Gasteiger charge is 2.35. The fourth-order valence-corrected chi connectivity index (χ4v) is 4.87. The molecule has 1 saturated heterocycles. The van der Waals surface area contributed by atoms with E-state index in [0.29, 0.717) is 43.5 Å². The summed E-state index contributed by atoms with van der Waals surface area (Å²) in [5.41, 5.74) is -1.93. The minimum atomic E-state index is -4.88. The lowest BCUT2D eigenvalue weighted by molar-refractivity contribution is -0.140. The molecule has 1 fully saturated rings. The summed E-state index contributed by atoms with van der Waals surface area (Å²) >= 11 is 0. The lowest BCUT2D eigenvalue weighted by atomic mass is 10.00. The molecule has 0 saturated carbocycles. The second-order valence-corrected chi connectivity index (χ2v) is 9.55. The zero-order chi connectivity index (χ0) is 29.5. The van der Waals surface area contributed by atoms with Gasteiger partial charge in [0, 0.05) is 18.8 Å². The highest BCUT2D eigenvalue weighted by molar-refractivity contribution is 6.00. The topological polar surface area (TPSA) is 105 Å². The van der Waals surface area contributed by atoms with Crippen molar-refractivity contribution in [3.63, 3.8) is 0 Å². The maximum atomic E-state index is 15.0. The van der Waals surface area contributed by atoms with Gasteiger partial charge in [0.1, 0.15) is 5.82 Å². The second kappa shape index (κ2) is 10.7. The van der Waals surface area contributed by atoms with Gasteiger partial charge in [-0.25, -0.2) is 13.7 Å². The molecule has 41 heavy (non-hydrogen) atoms. The number of hydrogen-bond acceptors (Lipinski definition) is 7. The summed E-state index contributed by atoms with van der Waals surface area (Å²) in [5.74, 6) is -1.36. The Hall–Kier alpha value is -4.70. The summed E-state index contributed by atoms with van der Waals surface area (Å²) in [6.07, 6.45) is -3.44. The van der Waals surface area contributed by atoms with Crippen LogP contribution < -0.4 is 21.4 Å². The van der Waals surface area contributed by atoms with Crippen molar-refractivity contribution < 1.29 is 22.3 Å². The highest BCUT2D eigenvalue weighted by Crippen LogP contribution is 2.35. The number of nitrogens with one attached hydrogen (secondary N) is 1. The van der Waals surface area contributed by atoms with Crippen molar-refractivity contribution in [1.82, 2.24) is 14.5 Å². The molecule has 0 unspecified atom stereocenters. The number of rotatable bonds is 5. The second-order valence-electron chi connectivity index (χ2n) is 9.55. The number of benzene rings is 2. The van der Waals surface area contributed by atoms with Crippen LogP contribution in [0, 0.1) is 17.1 Å². The summed E-state index contributed by atoms with van der Waals surface area (Å²) in [6, 6.07) is 10.2. The predicted octanol–water partition coefficient (Wildman–Crippen LogP) is 3.93. The van der Waals surface area contributed by atoms with Gasteiger partial charge in [0.15, 0.2) is 5.82 Å². The maximum absolute atomic E-state index is 15.0. The van der Waals surface area contributed by atoms with Crippen molar-refractivity contribution in [3.05, 3.63) is 91.9 Å². The molecule has 5 rings (SSSR count). The van der Waals surface area contributed by atoms with Crippen LogP contribution in [0.25, 0.3) is 21.9 Å². The largest absolute Gasteiger partial charge is 0.419 e. The van der Waals surface area contributed by atoms with Crippen LogP contribution in [0.3, 0.4) is 0 Å². The number of aryl methyl sites for hydroxylation is 1. The minimum absolute atomic E-state index is 0.0148. The molecule has 2 aromatic carbocycles. The van der Waals surface area contributed by atoms with Crippen LogP contribution in [0.5, 0.6) is 0 Å². The number of pyridine rings is 1. The van der Waals surface area contributed by atoms with Crippen LogP contribution in [0.4, 0.5) is 23.4 Å². The van der Waals surface area contributed by atoms with Crippen molar-refractivity contribution in [3.8, 4) is 17.2 Å². The number of ether oxygens (including phenoxy) is 1. The van der Waals surface area contributed by atoms with Gasteiger partial charge in [-0.3, -0.25) is 9.59 Å². The van der Waals surface area contributed by atoms with E-state index < -0.39 is 34.7 Å². The molecule has 3 heterocycles. The molecule has 1 atom stereocenters. The molecule has 2 aromatic heterocycles. The number of morpholine rings is 1. The van der Waals surface area contributed by atoms with Gasteiger partial charge in [-0.2, -0.15) is 23.5 Å². The van der Waals surface area contributed by atoms with Crippen LogP contribution in [0.1, 0.15) is 29.7 Å². The van der Waals surface area contributed by atoms with Gasteiger partial charge < -0.3 is 15.1 Å². The molecule has 0 aliphatic carbocycles. The molecule has 0 radical (unpaired) electrons. The molecular weight excluding hydrogens is 544 g/mol. The van der Waals surface area contributed by atoms with Crippen molar-refractivity contribution >= 4 is 16.6 Å². The molecule has 1 aliphatic rings. The molecule has 0 bridgehead atoms. The maximum Gasteiger partial charge on any atom is 0.419 e. The monoisotopic (exact) mass is 568 g/mol. The number of alkyl halides is 3. The Kier molecular flexibility index (Phi) is 7.27. The van der Waals surface area contributed by atoms with E-state index in [4.69, 9.17) is 4.74 Å². The molecular formula is C28H24F4N6O3. The quantitative estimate of drug-likeness (QED) is 0.364. The first-order valence-electron chi connectivity index (χ1n) is 12.6. The third-order valence-corrected chi connectivity index (χ3v) is 6.95. The van der Waals surface area contributed by atoms with E-state index in [2.05, 4.69) is 10.4 Å². The van der Waals surface area contributed by atoms with Crippen LogP contribution in [0.15, 0.2) is 58.3 Å². The number of hydrogen-bond donors (Lipinski definition) is 1. The van der Waals surface area contributed by atoms with E-state index in [1.54, 1.807) is 17.1 Å². The van der Waals surface area contributed by atoms with E-state index in [9.17, 15) is 32.4 Å². The Morgan fingerprint density at radius 3 is 2.39 bits per heavy atom. The SMILES string of the molecule is C[C@@H](Nc1nn(C)c(=O)c2c(-c3ccc(C#N)cc3)c(=O)n(N3CCOCC3)cc12)c1cccc(C(F)(F)F)c1F. The van der Waals surface area contributed by atoms with Crippen LogP contribution in [0.2, 0.25) is 0 Å². The van der Waals surface area contributed by atoms with Crippen molar-refractivity contribution in [2.75, 3.05) is 36.6 Å². The van der Waals surface area contributed by atoms with Crippen molar-refractivity contribution in [2.45, 2.75) is 19.1 Å². The molecule has 13 heteroatoms. The molecule has 0 amide bonds. The highest BCUT2D eigenvalue weighted by atomic mass is 19.4. The third kappa shape index (κ3) is 5.14. The Bertz CT molecular complexity index is 1790. The summed E-state index contributed by atoms with van der Waals surface area (Å²) < 4.78 is 62.8. The molecule has 212 valence electrons. The van der Waals surface area contributed by atoms with Gasteiger partial charge in [0.2, 0.25) is 0 Å². The molecule has 1 N–H and O–H groups in total. The van der Waals surface area contributed by atoms with E-state index in [-0.39, 0.29) is 27.7 Å². The molecule has 4 aromatic rings. The van der Waals surface area contributed by atoms with Crippen molar-refractivity contribution in [1.29, 1.82) is 5.26 Å². The normalized spacial score (nSPS) is 14.6. The number of nitrogens with zero attached hydrogens (tertiary/aromatic N) is 5. The Labute approximate surface area is 230 Å². The zero-order valence-electron chi connectivity index (χ0n) is 22.0. The van der Waals surface area contributed by atoms with Crippen LogP contribution in [-0.4, -0.2) is 40.8 Å². The number of fused-ring (bicyclic) bond motifs is 1. The van der Waals surface area contributed by atoms with E-state index in [0.717, 1.165) is 10.7 Å². The van der Waals surface area contributed by atoms with E-state index in [1.165, 1.54) is 43.0 Å². The first-order chi connectivity index (χ1) is 19.5. The average molecular weight is 569 g/mol. The predicted molar refractivity (Wildman–Crippen MR) is 144 cm³/mol. The smallest absolute Gasteiger partial charge is 0.378 e. The Morgan fingerprint density at radius 2 is 1.76 bits per heavy atom. The van der Waals surface area contributed by atoms with Gasteiger partial charge in [-0.1, -0.05) is 24.3 Å². The third-order valence-electron chi connectivity index (χ3n) is 6.95.